The second-order valence-electron chi connectivity index (χ2n) is 8.91. The van der Waals surface area contributed by atoms with Gasteiger partial charge in [-0.15, -0.1) is 0 Å². The highest BCUT2D eigenvalue weighted by Gasteiger charge is 2.31. The highest BCUT2D eigenvalue weighted by Crippen LogP contribution is 2.37. The van der Waals surface area contributed by atoms with E-state index in [1.54, 1.807) is 0 Å². The number of ether oxygens (including phenoxy) is 3. The zero-order chi connectivity index (χ0) is 28.3. The number of benzene rings is 2. The first-order chi connectivity index (χ1) is 18.6. The van der Waals surface area contributed by atoms with Gasteiger partial charge in [-0.2, -0.15) is 8.78 Å². The van der Waals surface area contributed by atoms with E-state index >= 15 is 0 Å². The molecule has 1 heterocycles. The number of aromatic nitrogens is 1. The van der Waals surface area contributed by atoms with Gasteiger partial charge in [-0.3, -0.25) is 4.79 Å². The summed E-state index contributed by atoms with van der Waals surface area (Å²) in [6, 6.07) is 4.00. The molecule has 1 aromatic heterocycles. The SMILES string of the molecule is COC(=O)C(NC(=O)c1nc(-c2ccc(OC(F)F)c(OCC3CC3)c2)oc1[C@H](C)N)c1ccc(F)cc1F. The Kier molecular flexibility index (Phi) is 8.38. The van der Waals surface area contributed by atoms with Crippen LogP contribution in [0.15, 0.2) is 40.8 Å². The van der Waals surface area contributed by atoms with E-state index in [4.69, 9.17) is 14.9 Å². The van der Waals surface area contributed by atoms with Gasteiger partial charge in [-0.1, -0.05) is 6.07 Å². The number of hydrogen-bond acceptors (Lipinski definition) is 8. The van der Waals surface area contributed by atoms with Crippen molar-refractivity contribution in [3.8, 4) is 23.0 Å². The molecule has 0 aliphatic heterocycles. The van der Waals surface area contributed by atoms with E-state index in [0.29, 0.717) is 18.6 Å². The summed E-state index contributed by atoms with van der Waals surface area (Å²) >= 11 is 0. The van der Waals surface area contributed by atoms with Crippen molar-refractivity contribution in [1.29, 1.82) is 0 Å². The highest BCUT2D eigenvalue weighted by molar-refractivity contribution is 5.97. The number of rotatable bonds is 11. The van der Waals surface area contributed by atoms with Crippen LogP contribution >= 0.6 is 0 Å². The summed E-state index contributed by atoms with van der Waals surface area (Å²) in [6.07, 6.45) is 1.93. The molecule has 0 radical (unpaired) electrons. The summed E-state index contributed by atoms with van der Waals surface area (Å²) in [5, 5.41) is 2.32. The minimum atomic E-state index is -3.07. The number of esters is 1. The maximum Gasteiger partial charge on any atom is 0.387 e. The number of carbonyl (C=O) groups excluding carboxylic acids is 2. The number of halogens is 4. The number of oxazole rings is 1. The van der Waals surface area contributed by atoms with Gasteiger partial charge in [-0.25, -0.2) is 18.6 Å². The van der Waals surface area contributed by atoms with Crippen LogP contribution in [0.25, 0.3) is 11.5 Å². The summed E-state index contributed by atoms with van der Waals surface area (Å²) < 4.78 is 74.2. The van der Waals surface area contributed by atoms with Crippen molar-refractivity contribution < 1.29 is 45.8 Å². The van der Waals surface area contributed by atoms with Crippen LogP contribution in [-0.4, -0.2) is 37.2 Å². The Morgan fingerprint density at radius 3 is 2.51 bits per heavy atom. The van der Waals surface area contributed by atoms with Crippen LogP contribution in [0.2, 0.25) is 0 Å². The Balaban J connectivity index is 1.66. The fourth-order valence-electron chi connectivity index (χ4n) is 3.68. The second-order valence-corrected chi connectivity index (χ2v) is 8.91. The van der Waals surface area contributed by atoms with E-state index in [0.717, 1.165) is 32.1 Å². The number of carbonyl (C=O) groups is 2. The number of nitrogens with one attached hydrogen (secondary N) is 1. The molecular weight excluding hydrogens is 526 g/mol. The molecule has 39 heavy (non-hydrogen) atoms. The number of hydrogen-bond donors (Lipinski definition) is 2. The fourth-order valence-corrected chi connectivity index (χ4v) is 3.68. The standard InChI is InChI=1S/C26H25F4N3O6/c1-12(31)22-21(23(34)32-20(25(35)36-2)16-7-6-15(27)10-17(16)28)33-24(39-22)14-5-8-18(38-26(29)30)19(9-14)37-11-13-3-4-13/h5-10,12-13,20,26H,3-4,11,31H2,1-2H3,(H,32,34)/t12-,20?/m0/s1. The highest BCUT2D eigenvalue weighted by atomic mass is 19.3. The summed E-state index contributed by atoms with van der Waals surface area (Å²) in [4.78, 5) is 29.8. The maximum absolute atomic E-state index is 14.4. The van der Waals surface area contributed by atoms with E-state index in [1.807, 2.05) is 0 Å². The number of amides is 1. The Bertz CT molecular complexity index is 1360. The van der Waals surface area contributed by atoms with E-state index in [1.165, 1.54) is 25.1 Å². The molecular formula is C26H25F4N3O6. The second kappa shape index (κ2) is 11.7. The largest absolute Gasteiger partial charge is 0.489 e. The lowest BCUT2D eigenvalue weighted by Gasteiger charge is -2.17. The molecule has 9 nitrogen and oxygen atoms in total. The zero-order valence-electron chi connectivity index (χ0n) is 20.9. The van der Waals surface area contributed by atoms with E-state index in [2.05, 4.69) is 19.8 Å². The molecule has 3 aromatic rings. The molecule has 4 rings (SSSR count). The predicted molar refractivity (Wildman–Crippen MR) is 128 cm³/mol. The van der Waals surface area contributed by atoms with Crippen LogP contribution in [0.3, 0.4) is 0 Å². The Labute approximate surface area is 220 Å². The van der Waals surface area contributed by atoms with Gasteiger partial charge in [-0.05, 0) is 49.9 Å². The molecule has 2 atom stereocenters. The Hall–Kier alpha value is -4.13. The zero-order valence-corrected chi connectivity index (χ0v) is 20.9. The smallest absolute Gasteiger partial charge is 0.387 e. The maximum atomic E-state index is 14.4. The third-order valence-corrected chi connectivity index (χ3v) is 5.85. The summed E-state index contributed by atoms with van der Waals surface area (Å²) in [5.74, 6) is -3.94. The van der Waals surface area contributed by atoms with Crippen LogP contribution in [0, 0.1) is 17.6 Å². The lowest BCUT2D eigenvalue weighted by molar-refractivity contribution is -0.143. The van der Waals surface area contributed by atoms with Crippen molar-refractivity contribution >= 4 is 11.9 Å². The summed E-state index contributed by atoms with van der Waals surface area (Å²) in [6.45, 7) is -1.25. The summed E-state index contributed by atoms with van der Waals surface area (Å²) in [5.41, 5.74) is 5.58. The van der Waals surface area contributed by atoms with Gasteiger partial charge < -0.3 is 29.7 Å². The molecule has 2 aromatic carbocycles. The number of alkyl halides is 2. The van der Waals surface area contributed by atoms with Crippen LogP contribution in [0.4, 0.5) is 17.6 Å². The summed E-state index contributed by atoms with van der Waals surface area (Å²) in [7, 11) is 1.04. The normalized spacial score (nSPS) is 14.6. The first-order valence-electron chi connectivity index (χ1n) is 11.9. The molecule has 1 unspecified atom stereocenters. The fraction of sp³-hybridized carbons (Fsp3) is 0.346. The van der Waals surface area contributed by atoms with Gasteiger partial charge in [0.05, 0.1) is 19.8 Å². The topological polar surface area (TPSA) is 126 Å². The minimum absolute atomic E-state index is 0.0313. The quantitative estimate of drug-likeness (QED) is 0.260. The van der Waals surface area contributed by atoms with Gasteiger partial charge >= 0.3 is 12.6 Å². The molecule has 0 saturated heterocycles. The Morgan fingerprint density at radius 1 is 1.15 bits per heavy atom. The predicted octanol–water partition coefficient (Wildman–Crippen LogP) is 4.67. The molecule has 3 N–H and O–H groups in total. The van der Waals surface area contributed by atoms with Gasteiger partial charge in [0.1, 0.15) is 11.6 Å². The van der Waals surface area contributed by atoms with Crippen LogP contribution in [-0.2, 0) is 9.53 Å². The molecule has 1 fully saturated rings. The van der Waals surface area contributed by atoms with Crippen LogP contribution < -0.4 is 20.5 Å². The Morgan fingerprint density at radius 2 is 1.90 bits per heavy atom. The first-order valence-corrected chi connectivity index (χ1v) is 11.9. The van der Waals surface area contributed by atoms with Crippen LogP contribution in [0.5, 0.6) is 11.5 Å². The molecule has 0 spiro atoms. The molecule has 1 amide bonds. The lowest BCUT2D eigenvalue weighted by Crippen LogP contribution is -2.36. The van der Waals surface area contributed by atoms with Crippen molar-refractivity contribution in [3.63, 3.8) is 0 Å². The van der Waals surface area contributed by atoms with Crippen molar-refractivity contribution in [1.82, 2.24) is 10.3 Å². The molecule has 208 valence electrons. The molecule has 1 saturated carbocycles. The third kappa shape index (κ3) is 6.66. The van der Waals surface area contributed by atoms with Crippen molar-refractivity contribution in [2.45, 2.75) is 38.5 Å². The van der Waals surface area contributed by atoms with E-state index < -0.39 is 42.2 Å². The molecule has 1 aliphatic carbocycles. The molecule has 13 heteroatoms. The van der Waals surface area contributed by atoms with Gasteiger partial charge in [0, 0.05) is 17.2 Å². The van der Waals surface area contributed by atoms with Crippen LogP contribution in [0.1, 0.15) is 53.7 Å². The first kappa shape index (κ1) is 27.9. The number of methoxy groups -OCH3 is 1. The molecule has 1 aliphatic rings. The van der Waals surface area contributed by atoms with Gasteiger partial charge in [0.15, 0.2) is 29.0 Å². The average Bonchev–Trinajstić information content (AvgIpc) is 3.61. The van der Waals surface area contributed by atoms with Gasteiger partial charge in [0.2, 0.25) is 5.89 Å². The molecule has 0 bridgehead atoms. The number of nitrogens with zero attached hydrogens (tertiary/aromatic N) is 1. The van der Waals surface area contributed by atoms with Crippen molar-refractivity contribution in [2.75, 3.05) is 13.7 Å². The average molecular weight is 551 g/mol. The van der Waals surface area contributed by atoms with Gasteiger partial charge in [0.25, 0.3) is 5.91 Å². The van der Waals surface area contributed by atoms with Crippen molar-refractivity contribution in [3.05, 3.63) is 65.1 Å². The third-order valence-electron chi connectivity index (χ3n) is 5.85. The monoisotopic (exact) mass is 551 g/mol. The number of nitrogens with two attached hydrogens (primary N) is 1. The minimum Gasteiger partial charge on any atom is -0.489 e. The lowest BCUT2D eigenvalue weighted by atomic mass is 10.1. The van der Waals surface area contributed by atoms with E-state index in [9.17, 15) is 27.2 Å². The van der Waals surface area contributed by atoms with Crippen molar-refractivity contribution in [2.24, 2.45) is 11.7 Å². The van der Waals surface area contributed by atoms with E-state index in [-0.39, 0.29) is 40.0 Å².